The van der Waals surface area contributed by atoms with Gasteiger partial charge in [0.1, 0.15) is 11.6 Å². The van der Waals surface area contributed by atoms with E-state index in [0.29, 0.717) is 11.6 Å². The number of nitrogens with one attached hydrogen (secondary N) is 2. The Kier molecular flexibility index (Phi) is 5.80. The van der Waals surface area contributed by atoms with Gasteiger partial charge in [-0.2, -0.15) is 5.10 Å². The van der Waals surface area contributed by atoms with Gasteiger partial charge in [0.05, 0.1) is 30.7 Å². The van der Waals surface area contributed by atoms with Gasteiger partial charge in [-0.15, -0.1) is 0 Å². The number of benzene rings is 1. The quantitative estimate of drug-likeness (QED) is 0.547. The van der Waals surface area contributed by atoms with Crippen LogP contribution < -0.4 is 15.0 Å². The van der Waals surface area contributed by atoms with E-state index in [1.54, 1.807) is 13.3 Å². The molecule has 3 N–H and O–H groups in total. The lowest BCUT2D eigenvalue weighted by molar-refractivity contribution is -0.138. The third kappa shape index (κ3) is 4.52. The Morgan fingerprint density at radius 3 is 2.73 bits per heavy atom. The molecule has 2 aromatic heterocycles. The molecule has 3 heterocycles. The van der Waals surface area contributed by atoms with Gasteiger partial charge in [0.2, 0.25) is 0 Å². The molecule has 9 heteroatoms. The summed E-state index contributed by atoms with van der Waals surface area (Å²) < 4.78 is 5.60. The molecule has 30 heavy (non-hydrogen) atoms. The molecule has 1 aliphatic rings. The maximum absolute atomic E-state index is 10.9. The number of H-pyrrole nitrogens is 1. The van der Waals surface area contributed by atoms with Crippen LogP contribution in [0.25, 0.3) is 11.4 Å². The SMILES string of the molecule is COc1cc(N2CCN(CC(=O)O)CC2)ccc1Nc1cccc(-c2ccn[nH]2)n1. The zero-order valence-electron chi connectivity index (χ0n) is 16.7. The highest BCUT2D eigenvalue weighted by Crippen LogP contribution is 2.32. The monoisotopic (exact) mass is 408 g/mol. The highest BCUT2D eigenvalue weighted by atomic mass is 16.5. The van der Waals surface area contributed by atoms with E-state index in [9.17, 15) is 4.79 Å². The number of anilines is 3. The average molecular weight is 408 g/mol. The Hall–Kier alpha value is -3.59. The van der Waals surface area contributed by atoms with Crippen molar-refractivity contribution in [1.29, 1.82) is 0 Å². The first-order valence-electron chi connectivity index (χ1n) is 9.73. The number of ether oxygens (including phenoxy) is 1. The van der Waals surface area contributed by atoms with Crippen LogP contribution in [0.1, 0.15) is 0 Å². The second-order valence-corrected chi connectivity index (χ2v) is 7.04. The van der Waals surface area contributed by atoms with Crippen molar-refractivity contribution in [2.75, 3.05) is 50.1 Å². The first-order chi connectivity index (χ1) is 14.6. The van der Waals surface area contributed by atoms with Crippen LogP contribution in [0.2, 0.25) is 0 Å². The number of piperazine rings is 1. The lowest BCUT2D eigenvalue weighted by Crippen LogP contribution is -2.47. The maximum Gasteiger partial charge on any atom is 0.317 e. The van der Waals surface area contributed by atoms with E-state index < -0.39 is 5.97 Å². The van der Waals surface area contributed by atoms with Crippen molar-refractivity contribution in [2.24, 2.45) is 0 Å². The summed E-state index contributed by atoms with van der Waals surface area (Å²) in [6, 6.07) is 13.6. The van der Waals surface area contributed by atoms with Crippen molar-refractivity contribution >= 4 is 23.2 Å². The van der Waals surface area contributed by atoms with Crippen molar-refractivity contribution in [3.05, 3.63) is 48.7 Å². The van der Waals surface area contributed by atoms with Crippen LogP contribution in [-0.2, 0) is 4.79 Å². The summed E-state index contributed by atoms with van der Waals surface area (Å²) >= 11 is 0. The second-order valence-electron chi connectivity index (χ2n) is 7.04. The first kappa shape index (κ1) is 19.7. The Morgan fingerprint density at radius 2 is 2.03 bits per heavy atom. The zero-order valence-corrected chi connectivity index (χ0v) is 16.7. The predicted octanol–water partition coefficient (Wildman–Crippen LogP) is 2.43. The molecule has 1 saturated heterocycles. The van der Waals surface area contributed by atoms with E-state index in [1.807, 2.05) is 47.4 Å². The summed E-state index contributed by atoms with van der Waals surface area (Å²) in [4.78, 5) is 19.7. The Morgan fingerprint density at radius 1 is 1.20 bits per heavy atom. The molecule has 0 spiro atoms. The number of pyridine rings is 1. The molecule has 1 aromatic carbocycles. The molecule has 0 saturated carbocycles. The minimum absolute atomic E-state index is 0.0879. The molecule has 0 aliphatic carbocycles. The smallest absolute Gasteiger partial charge is 0.317 e. The van der Waals surface area contributed by atoms with Gasteiger partial charge in [0.25, 0.3) is 0 Å². The van der Waals surface area contributed by atoms with Crippen LogP contribution in [0.4, 0.5) is 17.2 Å². The second kappa shape index (κ2) is 8.83. The Balaban J connectivity index is 1.47. The van der Waals surface area contributed by atoms with Gasteiger partial charge in [0, 0.05) is 44.1 Å². The van der Waals surface area contributed by atoms with Crippen LogP contribution in [0.5, 0.6) is 5.75 Å². The third-order valence-corrected chi connectivity index (χ3v) is 5.07. The van der Waals surface area contributed by atoms with Gasteiger partial charge in [-0.05, 0) is 30.3 Å². The highest BCUT2D eigenvalue weighted by Gasteiger charge is 2.20. The van der Waals surface area contributed by atoms with Gasteiger partial charge in [0.15, 0.2) is 0 Å². The lowest BCUT2D eigenvalue weighted by atomic mass is 10.2. The predicted molar refractivity (Wildman–Crippen MR) is 114 cm³/mol. The van der Waals surface area contributed by atoms with Crippen LogP contribution in [0.15, 0.2) is 48.7 Å². The molecule has 9 nitrogen and oxygen atoms in total. The van der Waals surface area contributed by atoms with E-state index in [0.717, 1.165) is 48.9 Å². The summed E-state index contributed by atoms with van der Waals surface area (Å²) in [7, 11) is 1.64. The largest absolute Gasteiger partial charge is 0.494 e. The number of aliphatic carboxylic acids is 1. The summed E-state index contributed by atoms with van der Waals surface area (Å²) in [5.74, 6) is 0.635. The minimum atomic E-state index is -0.786. The number of methoxy groups -OCH3 is 1. The molecule has 0 atom stereocenters. The summed E-state index contributed by atoms with van der Waals surface area (Å²) in [6.07, 6.45) is 1.69. The Bertz CT molecular complexity index is 1000. The normalized spacial score (nSPS) is 14.5. The standard InChI is InChI=1S/C21H24N6O3/c1-30-19-13-15(27-11-9-26(10-12-27)14-21(28)29)5-6-18(19)24-20-4-2-3-16(23-20)17-7-8-22-25-17/h2-8,13H,9-12,14H2,1H3,(H,22,25)(H,23,24)(H,28,29). The van der Waals surface area contributed by atoms with E-state index >= 15 is 0 Å². The van der Waals surface area contributed by atoms with Gasteiger partial charge in [-0.3, -0.25) is 14.8 Å². The number of hydrogen-bond donors (Lipinski definition) is 3. The van der Waals surface area contributed by atoms with Crippen LogP contribution >= 0.6 is 0 Å². The molecule has 4 rings (SSSR count). The van der Waals surface area contributed by atoms with Crippen molar-refractivity contribution in [3.63, 3.8) is 0 Å². The number of aromatic amines is 1. The van der Waals surface area contributed by atoms with E-state index in [4.69, 9.17) is 9.84 Å². The number of carboxylic acids is 1. The van der Waals surface area contributed by atoms with Crippen molar-refractivity contribution in [2.45, 2.75) is 0 Å². The van der Waals surface area contributed by atoms with E-state index in [1.165, 1.54) is 0 Å². The van der Waals surface area contributed by atoms with Crippen molar-refractivity contribution < 1.29 is 14.6 Å². The molecule has 156 valence electrons. The van der Waals surface area contributed by atoms with Crippen molar-refractivity contribution in [1.82, 2.24) is 20.1 Å². The molecule has 3 aromatic rings. The van der Waals surface area contributed by atoms with Gasteiger partial charge in [-0.25, -0.2) is 4.98 Å². The van der Waals surface area contributed by atoms with E-state index in [-0.39, 0.29) is 6.54 Å². The molecule has 0 unspecified atom stereocenters. The number of aromatic nitrogens is 3. The third-order valence-electron chi connectivity index (χ3n) is 5.07. The maximum atomic E-state index is 10.9. The van der Waals surface area contributed by atoms with Crippen LogP contribution in [-0.4, -0.2) is 71.0 Å². The molecule has 0 bridgehead atoms. The van der Waals surface area contributed by atoms with E-state index in [2.05, 4.69) is 25.4 Å². The van der Waals surface area contributed by atoms with Crippen LogP contribution in [0, 0.1) is 0 Å². The topological polar surface area (TPSA) is 107 Å². The van der Waals surface area contributed by atoms with Gasteiger partial charge >= 0.3 is 5.97 Å². The highest BCUT2D eigenvalue weighted by molar-refractivity contribution is 5.71. The molecule has 0 radical (unpaired) electrons. The number of rotatable bonds is 7. The van der Waals surface area contributed by atoms with Gasteiger partial charge in [-0.1, -0.05) is 6.07 Å². The summed E-state index contributed by atoms with van der Waals surface area (Å²) in [5, 5.41) is 19.2. The van der Waals surface area contributed by atoms with Crippen LogP contribution in [0.3, 0.4) is 0 Å². The molecule has 0 amide bonds. The fourth-order valence-electron chi connectivity index (χ4n) is 3.53. The fraction of sp³-hybridized carbons (Fsp3) is 0.286. The number of carbonyl (C=O) groups is 1. The molecule has 1 fully saturated rings. The first-order valence-corrected chi connectivity index (χ1v) is 9.73. The minimum Gasteiger partial charge on any atom is -0.494 e. The summed E-state index contributed by atoms with van der Waals surface area (Å²) in [6.45, 7) is 3.08. The molecular formula is C21H24N6O3. The number of carboxylic acid groups (broad SMARTS) is 1. The number of hydrogen-bond acceptors (Lipinski definition) is 7. The van der Waals surface area contributed by atoms with Gasteiger partial charge < -0.3 is 20.1 Å². The lowest BCUT2D eigenvalue weighted by Gasteiger charge is -2.35. The summed E-state index contributed by atoms with van der Waals surface area (Å²) in [5.41, 5.74) is 3.52. The fourth-order valence-corrected chi connectivity index (χ4v) is 3.53. The average Bonchev–Trinajstić information content (AvgIpc) is 3.29. The van der Waals surface area contributed by atoms with Crippen molar-refractivity contribution in [3.8, 4) is 17.1 Å². The molecule has 1 aliphatic heterocycles. The Labute approximate surface area is 174 Å². The molecular weight excluding hydrogens is 384 g/mol. The zero-order chi connectivity index (χ0) is 20.9. The number of nitrogens with zero attached hydrogens (tertiary/aromatic N) is 4.